The zero-order valence-electron chi connectivity index (χ0n) is 9.52. The summed E-state index contributed by atoms with van der Waals surface area (Å²) in [7, 11) is 2.05. The largest absolute Gasteiger partial charge is 0.508 e. The van der Waals surface area contributed by atoms with Crippen LogP contribution in [0.4, 0.5) is 0 Å². The molecule has 0 bridgehead atoms. The van der Waals surface area contributed by atoms with E-state index in [1.807, 2.05) is 25.5 Å². The Kier molecular flexibility index (Phi) is 2.88. The van der Waals surface area contributed by atoms with Gasteiger partial charge in [0.1, 0.15) is 5.75 Å². The third-order valence-corrected chi connectivity index (χ3v) is 3.31. The molecule has 1 heterocycles. The first kappa shape index (κ1) is 11.4. The van der Waals surface area contributed by atoms with E-state index in [0.717, 1.165) is 21.0 Å². The first-order valence-corrected chi connectivity index (χ1v) is 6.42. The Labute approximate surface area is 114 Å². The van der Waals surface area contributed by atoms with Gasteiger partial charge in [0, 0.05) is 9.99 Å². The number of fused-ring (bicyclic) bond motifs is 1. The first-order valence-electron chi connectivity index (χ1n) is 5.63. The molecule has 2 aromatic carbocycles. The second-order valence-corrected chi connectivity index (χ2v) is 5.11. The van der Waals surface area contributed by atoms with Crippen LogP contribution in [-0.4, -0.2) is 17.4 Å². The Morgan fingerprint density at radius 3 is 2.56 bits per heavy atom. The maximum Gasteiger partial charge on any atom is 0.213 e. The van der Waals surface area contributed by atoms with Gasteiger partial charge in [-0.15, -0.1) is 0 Å². The molecular weight excluding hydrogens is 289 g/mol. The Bertz CT molecular complexity index is 691. The molecule has 2 N–H and O–H groups in total. The van der Waals surface area contributed by atoms with Gasteiger partial charge >= 0.3 is 0 Å². The normalized spacial score (nSPS) is 10.7. The van der Waals surface area contributed by atoms with Crippen molar-refractivity contribution in [2.75, 3.05) is 0 Å². The second-order valence-electron chi connectivity index (χ2n) is 4.19. The molecule has 0 unspecified atom stereocenters. The number of aromatic amines is 1. The molecule has 0 aliphatic rings. The van der Waals surface area contributed by atoms with Crippen molar-refractivity contribution in [3.63, 3.8) is 0 Å². The van der Waals surface area contributed by atoms with E-state index >= 15 is 0 Å². The van der Waals surface area contributed by atoms with E-state index in [2.05, 4.69) is 39.1 Å². The molecule has 0 fully saturated rings. The van der Waals surface area contributed by atoms with Crippen LogP contribution in [0.3, 0.4) is 0 Å². The van der Waals surface area contributed by atoms with Crippen molar-refractivity contribution in [2.24, 2.45) is 0 Å². The second kappa shape index (κ2) is 4.54. The van der Waals surface area contributed by atoms with Crippen molar-refractivity contribution < 1.29 is 5.11 Å². The van der Waals surface area contributed by atoms with Gasteiger partial charge in [-0.1, -0.05) is 39.6 Å². The van der Waals surface area contributed by atoms with E-state index in [4.69, 9.17) is 0 Å². The molecule has 1 aromatic heterocycles. The van der Waals surface area contributed by atoms with Crippen LogP contribution in [0.2, 0.25) is 0 Å². The van der Waals surface area contributed by atoms with Crippen molar-refractivity contribution >= 4 is 45.2 Å². The molecule has 0 amide bonds. The van der Waals surface area contributed by atoms with Gasteiger partial charge in [0.15, 0.2) is 0 Å². The minimum Gasteiger partial charge on any atom is -0.508 e. The average Bonchev–Trinajstić information content (AvgIpc) is 2.73. The number of phenolic OH excluding ortho intramolecular Hbond substituents is 1. The van der Waals surface area contributed by atoms with E-state index in [9.17, 15) is 5.11 Å². The Balaban J connectivity index is 1.92. The van der Waals surface area contributed by atoms with Gasteiger partial charge in [0.2, 0.25) is 7.28 Å². The molecule has 3 aromatic rings. The smallest absolute Gasteiger partial charge is 0.213 e. The van der Waals surface area contributed by atoms with Crippen LogP contribution in [0.15, 0.2) is 53.0 Å². The molecule has 87 valence electrons. The zero-order chi connectivity index (χ0) is 12.5. The van der Waals surface area contributed by atoms with Gasteiger partial charge in [-0.25, -0.2) is 0 Å². The molecule has 0 saturated carbocycles. The van der Waals surface area contributed by atoms with Crippen LogP contribution in [-0.2, 0) is 0 Å². The summed E-state index contributed by atoms with van der Waals surface area (Å²) in [6.45, 7) is 0. The molecule has 0 atom stereocenters. The lowest BCUT2D eigenvalue weighted by atomic mass is 9.67. The predicted molar refractivity (Wildman–Crippen MR) is 79.1 cm³/mol. The van der Waals surface area contributed by atoms with Gasteiger partial charge in [0.25, 0.3) is 0 Å². The fourth-order valence-electron chi connectivity index (χ4n) is 1.95. The van der Waals surface area contributed by atoms with Gasteiger partial charge < -0.3 is 10.1 Å². The zero-order valence-corrected chi connectivity index (χ0v) is 11.1. The number of aromatic hydroxyl groups is 1. The van der Waals surface area contributed by atoms with Crippen molar-refractivity contribution in [1.29, 1.82) is 0 Å². The Hall–Kier alpha value is -1.68. The maximum atomic E-state index is 9.24. The highest BCUT2D eigenvalue weighted by molar-refractivity contribution is 9.10. The number of halogens is 1. The van der Waals surface area contributed by atoms with Crippen molar-refractivity contribution in [1.82, 2.24) is 4.98 Å². The number of rotatable bonds is 2. The lowest BCUT2D eigenvalue weighted by Gasteiger charge is -1.97. The molecule has 0 aliphatic carbocycles. The van der Waals surface area contributed by atoms with Crippen LogP contribution in [0.1, 0.15) is 0 Å². The minimum absolute atomic E-state index is 0.285. The summed E-state index contributed by atoms with van der Waals surface area (Å²) in [5, 5.41) is 10.4. The maximum absolute atomic E-state index is 9.24. The average molecular weight is 299 g/mol. The number of H-pyrrole nitrogens is 1. The Morgan fingerprint density at radius 2 is 1.78 bits per heavy atom. The summed E-state index contributed by atoms with van der Waals surface area (Å²) in [5.74, 6) is 0.285. The van der Waals surface area contributed by atoms with E-state index < -0.39 is 0 Å². The number of phenols is 1. The van der Waals surface area contributed by atoms with Crippen LogP contribution >= 0.6 is 15.9 Å². The van der Waals surface area contributed by atoms with E-state index in [-0.39, 0.29) is 5.75 Å². The molecule has 1 radical (unpaired) electrons. The monoisotopic (exact) mass is 298 g/mol. The first-order chi connectivity index (χ1) is 8.70. The number of hydrogen-bond acceptors (Lipinski definition) is 1. The van der Waals surface area contributed by atoms with Gasteiger partial charge in [-0.05, 0) is 41.3 Å². The quantitative estimate of drug-likeness (QED) is 0.700. The fourth-order valence-corrected chi connectivity index (χ4v) is 2.31. The molecule has 0 spiro atoms. The third-order valence-electron chi connectivity index (χ3n) is 2.82. The number of nitrogens with one attached hydrogen (secondary N) is 1. The summed E-state index contributed by atoms with van der Waals surface area (Å²) in [6, 6.07) is 15.4. The number of benzene rings is 2. The summed E-state index contributed by atoms with van der Waals surface area (Å²) < 4.78 is 1.06. The topological polar surface area (TPSA) is 36.0 Å². The highest BCUT2D eigenvalue weighted by Gasteiger charge is 2.04. The summed E-state index contributed by atoms with van der Waals surface area (Å²) in [5.41, 5.74) is 3.21. The SMILES string of the molecule is Oc1ccc([B]c2cc3ccc(Br)cc3[nH]2)cc1. The van der Waals surface area contributed by atoms with Crippen molar-refractivity contribution in [3.8, 4) is 5.75 Å². The number of hydrogen-bond donors (Lipinski definition) is 2. The molecule has 0 saturated heterocycles. The van der Waals surface area contributed by atoms with E-state index in [0.29, 0.717) is 0 Å². The number of aromatic nitrogens is 1. The van der Waals surface area contributed by atoms with Gasteiger partial charge in [-0.3, -0.25) is 0 Å². The van der Waals surface area contributed by atoms with Gasteiger partial charge in [-0.2, -0.15) is 0 Å². The highest BCUT2D eigenvalue weighted by atomic mass is 79.9. The van der Waals surface area contributed by atoms with Crippen LogP contribution in [0.25, 0.3) is 10.9 Å². The molecular formula is C14H10BBrNO. The molecule has 4 heteroatoms. The lowest BCUT2D eigenvalue weighted by molar-refractivity contribution is 0.475. The highest BCUT2D eigenvalue weighted by Crippen LogP contribution is 2.17. The third kappa shape index (κ3) is 2.29. The summed E-state index contributed by atoms with van der Waals surface area (Å²) in [6.07, 6.45) is 0. The molecule has 3 rings (SSSR count). The standard InChI is InChI=1S/C14H10BBrNO/c16-11-4-1-9-7-14(17-13(9)8-11)15-10-2-5-12(18)6-3-10/h1-8,17-18H. The van der Waals surface area contributed by atoms with Crippen molar-refractivity contribution in [3.05, 3.63) is 53.0 Å². The Morgan fingerprint density at radius 1 is 1.00 bits per heavy atom. The van der Waals surface area contributed by atoms with E-state index in [1.165, 1.54) is 5.39 Å². The van der Waals surface area contributed by atoms with Crippen LogP contribution in [0, 0.1) is 0 Å². The lowest BCUT2D eigenvalue weighted by Crippen LogP contribution is -2.27. The minimum atomic E-state index is 0.285. The van der Waals surface area contributed by atoms with E-state index in [1.54, 1.807) is 12.1 Å². The predicted octanol–water partition coefficient (Wildman–Crippen LogP) is 2.29. The molecule has 2 nitrogen and oxygen atoms in total. The van der Waals surface area contributed by atoms with Crippen LogP contribution in [0.5, 0.6) is 5.75 Å². The van der Waals surface area contributed by atoms with Crippen LogP contribution < -0.4 is 11.1 Å². The van der Waals surface area contributed by atoms with Crippen molar-refractivity contribution in [2.45, 2.75) is 0 Å². The fraction of sp³-hybridized carbons (Fsp3) is 0. The summed E-state index contributed by atoms with van der Waals surface area (Å²) in [4.78, 5) is 3.35. The molecule has 18 heavy (non-hydrogen) atoms. The molecule has 0 aliphatic heterocycles. The summed E-state index contributed by atoms with van der Waals surface area (Å²) >= 11 is 3.46. The van der Waals surface area contributed by atoms with Gasteiger partial charge in [0.05, 0.1) is 0 Å².